The summed E-state index contributed by atoms with van der Waals surface area (Å²) in [7, 11) is 1.69. The summed E-state index contributed by atoms with van der Waals surface area (Å²) >= 11 is 1.68. The van der Waals surface area contributed by atoms with Crippen LogP contribution < -0.4 is 16.0 Å². The van der Waals surface area contributed by atoms with E-state index < -0.39 is 0 Å². The van der Waals surface area contributed by atoms with Gasteiger partial charge in [-0.3, -0.25) is 9.79 Å². The Kier molecular flexibility index (Phi) is 10.1. The molecule has 0 saturated carbocycles. The fourth-order valence-electron chi connectivity index (χ4n) is 2.02. The summed E-state index contributed by atoms with van der Waals surface area (Å²) in [5.41, 5.74) is 1.22. The van der Waals surface area contributed by atoms with Gasteiger partial charge in [-0.05, 0) is 23.4 Å². The van der Waals surface area contributed by atoms with Crippen LogP contribution in [0.1, 0.15) is 10.4 Å². The molecule has 0 spiro atoms. The summed E-state index contributed by atoms with van der Waals surface area (Å²) in [5.74, 6) is 0.580. The molecule has 0 radical (unpaired) electrons. The van der Waals surface area contributed by atoms with Crippen molar-refractivity contribution in [1.82, 2.24) is 16.0 Å². The van der Waals surface area contributed by atoms with Crippen LogP contribution in [0.25, 0.3) is 0 Å². The second-order valence-electron chi connectivity index (χ2n) is 4.94. The Balaban J connectivity index is 0.00000288. The second-order valence-corrected chi connectivity index (χ2v) is 5.98. The molecule has 3 N–H and O–H groups in total. The summed E-state index contributed by atoms with van der Waals surface area (Å²) in [4.78, 5) is 17.2. The standard InChI is InChI=1S/C17H22N4OS.HI/c1-18-17(20-12-15-8-5-11-23-15)21-13-16(22)19-10-9-14-6-3-2-4-7-14;/h2-8,11H,9-10,12-13H2,1H3,(H,19,22)(H2,18,20,21);1H. The Hall–Kier alpha value is -1.61. The van der Waals surface area contributed by atoms with Gasteiger partial charge in [0.1, 0.15) is 0 Å². The molecule has 1 heterocycles. The van der Waals surface area contributed by atoms with Crippen LogP contribution in [-0.2, 0) is 17.8 Å². The minimum absolute atomic E-state index is 0. The molecule has 0 unspecified atom stereocenters. The van der Waals surface area contributed by atoms with E-state index in [2.05, 4.69) is 39.1 Å². The molecule has 0 aliphatic rings. The first-order valence-corrected chi connectivity index (χ1v) is 8.43. The van der Waals surface area contributed by atoms with Gasteiger partial charge in [-0.2, -0.15) is 0 Å². The number of nitrogens with zero attached hydrogens (tertiary/aromatic N) is 1. The van der Waals surface area contributed by atoms with Gasteiger partial charge in [0.2, 0.25) is 5.91 Å². The monoisotopic (exact) mass is 458 g/mol. The van der Waals surface area contributed by atoms with Gasteiger partial charge in [-0.15, -0.1) is 35.3 Å². The second kappa shape index (κ2) is 11.9. The maximum absolute atomic E-state index is 11.8. The third kappa shape index (κ3) is 7.78. The molecule has 7 heteroatoms. The highest BCUT2D eigenvalue weighted by atomic mass is 127. The number of carbonyl (C=O) groups is 1. The van der Waals surface area contributed by atoms with Crippen molar-refractivity contribution >= 4 is 47.2 Å². The lowest BCUT2D eigenvalue weighted by Gasteiger charge is -2.11. The van der Waals surface area contributed by atoms with E-state index in [0.29, 0.717) is 19.0 Å². The van der Waals surface area contributed by atoms with Gasteiger partial charge in [-0.1, -0.05) is 36.4 Å². The Morgan fingerprint density at radius 2 is 1.88 bits per heavy atom. The van der Waals surface area contributed by atoms with E-state index in [9.17, 15) is 4.79 Å². The fourth-order valence-corrected chi connectivity index (χ4v) is 2.67. The number of benzene rings is 1. The minimum atomic E-state index is -0.0417. The molecule has 0 saturated heterocycles. The Morgan fingerprint density at radius 3 is 2.54 bits per heavy atom. The number of nitrogens with one attached hydrogen (secondary N) is 3. The van der Waals surface area contributed by atoms with Crippen molar-refractivity contribution in [3.05, 3.63) is 58.3 Å². The molecular weight excluding hydrogens is 435 g/mol. The molecule has 5 nitrogen and oxygen atoms in total. The van der Waals surface area contributed by atoms with E-state index in [4.69, 9.17) is 0 Å². The molecular formula is C17H23IN4OS. The summed E-state index contributed by atoms with van der Waals surface area (Å²) in [6.45, 7) is 1.54. The zero-order valence-corrected chi connectivity index (χ0v) is 16.8. The van der Waals surface area contributed by atoms with E-state index in [-0.39, 0.29) is 36.4 Å². The molecule has 130 valence electrons. The van der Waals surface area contributed by atoms with Crippen LogP contribution in [0.4, 0.5) is 0 Å². The molecule has 0 aliphatic carbocycles. The first-order valence-electron chi connectivity index (χ1n) is 7.55. The van der Waals surface area contributed by atoms with E-state index >= 15 is 0 Å². The van der Waals surface area contributed by atoms with E-state index in [1.165, 1.54) is 10.4 Å². The molecule has 1 aromatic heterocycles. The average Bonchev–Trinajstić information content (AvgIpc) is 3.09. The van der Waals surface area contributed by atoms with E-state index in [1.54, 1.807) is 18.4 Å². The predicted octanol–water partition coefficient (Wildman–Crippen LogP) is 2.39. The average molecular weight is 458 g/mol. The molecule has 2 aromatic rings. The zero-order valence-electron chi connectivity index (χ0n) is 13.6. The van der Waals surface area contributed by atoms with Crippen LogP contribution in [0.5, 0.6) is 0 Å². The topological polar surface area (TPSA) is 65.5 Å². The summed E-state index contributed by atoms with van der Waals surface area (Å²) in [5, 5.41) is 11.1. The highest BCUT2D eigenvalue weighted by Gasteiger charge is 2.03. The van der Waals surface area contributed by atoms with Crippen molar-refractivity contribution < 1.29 is 4.79 Å². The zero-order chi connectivity index (χ0) is 16.3. The fraction of sp³-hybridized carbons (Fsp3) is 0.294. The van der Waals surface area contributed by atoms with Crippen molar-refractivity contribution in [2.24, 2.45) is 4.99 Å². The highest BCUT2D eigenvalue weighted by molar-refractivity contribution is 14.0. The molecule has 2 rings (SSSR count). The van der Waals surface area contributed by atoms with Crippen molar-refractivity contribution in [3.63, 3.8) is 0 Å². The SMILES string of the molecule is CN=C(NCC(=O)NCCc1ccccc1)NCc1cccs1.I. The summed E-state index contributed by atoms with van der Waals surface area (Å²) in [6, 6.07) is 14.2. The minimum Gasteiger partial charge on any atom is -0.354 e. The van der Waals surface area contributed by atoms with Crippen LogP contribution in [0.2, 0.25) is 0 Å². The van der Waals surface area contributed by atoms with Gasteiger partial charge < -0.3 is 16.0 Å². The highest BCUT2D eigenvalue weighted by Crippen LogP contribution is 2.06. The maximum Gasteiger partial charge on any atom is 0.239 e. The van der Waals surface area contributed by atoms with Crippen molar-refractivity contribution in [1.29, 1.82) is 0 Å². The van der Waals surface area contributed by atoms with Gasteiger partial charge in [0.15, 0.2) is 5.96 Å². The first kappa shape index (κ1) is 20.4. The number of hydrogen-bond acceptors (Lipinski definition) is 3. The van der Waals surface area contributed by atoms with Crippen LogP contribution in [0.3, 0.4) is 0 Å². The first-order chi connectivity index (χ1) is 11.3. The third-order valence-corrected chi connectivity index (χ3v) is 4.11. The maximum atomic E-state index is 11.8. The Bertz CT molecular complexity index is 617. The number of rotatable bonds is 7. The van der Waals surface area contributed by atoms with Gasteiger partial charge in [0, 0.05) is 18.5 Å². The molecule has 1 aromatic carbocycles. The van der Waals surface area contributed by atoms with Crippen LogP contribution in [0.15, 0.2) is 52.8 Å². The molecule has 0 aliphatic heterocycles. The van der Waals surface area contributed by atoms with Crippen molar-refractivity contribution in [2.75, 3.05) is 20.1 Å². The normalized spacial score (nSPS) is 10.6. The lowest BCUT2D eigenvalue weighted by molar-refractivity contribution is -0.119. The van der Waals surface area contributed by atoms with Crippen molar-refractivity contribution in [2.45, 2.75) is 13.0 Å². The molecule has 0 atom stereocenters. The third-order valence-electron chi connectivity index (χ3n) is 3.23. The largest absolute Gasteiger partial charge is 0.354 e. The summed E-state index contributed by atoms with van der Waals surface area (Å²) in [6.07, 6.45) is 0.831. The lowest BCUT2D eigenvalue weighted by Crippen LogP contribution is -2.43. The molecule has 24 heavy (non-hydrogen) atoms. The predicted molar refractivity (Wildman–Crippen MR) is 111 cm³/mol. The summed E-state index contributed by atoms with van der Waals surface area (Å²) < 4.78 is 0. The van der Waals surface area contributed by atoms with Gasteiger partial charge >= 0.3 is 0 Å². The van der Waals surface area contributed by atoms with Gasteiger partial charge in [-0.25, -0.2) is 0 Å². The smallest absolute Gasteiger partial charge is 0.239 e. The van der Waals surface area contributed by atoms with Crippen molar-refractivity contribution in [3.8, 4) is 0 Å². The number of carbonyl (C=O) groups excluding carboxylic acids is 1. The lowest BCUT2D eigenvalue weighted by atomic mass is 10.1. The Morgan fingerprint density at radius 1 is 1.08 bits per heavy atom. The van der Waals surface area contributed by atoms with Crippen LogP contribution in [0, 0.1) is 0 Å². The van der Waals surface area contributed by atoms with Gasteiger partial charge in [0.05, 0.1) is 13.1 Å². The number of halogens is 1. The van der Waals surface area contributed by atoms with Crippen LogP contribution >= 0.6 is 35.3 Å². The quantitative estimate of drug-likeness (QED) is 0.339. The molecule has 1 amide bonds. The number of amides is 1. The number of hydrogen-bond donors (Lipinski definition) is 3. The number of guanidine groups is 1. The number of aliphatic imine (C=N–C) groups is 1. The van der Waals surface area contributed by atoms with Crippen LogP contribution in [-0.4, -0.2) is 32.0 Å². The molecule has 0 fully saturated rings. The van der Waals surface area contributed by atoms with E-state index in [1.807, 2.05) is 29.6 Å². The van der Waals surface area contributed by atoms with E-state index in [0.717, 1.165) is 6.42 Å². The number of thiophene rings is 1. The molecule has 0 bridgehead atoms. The van der Waals surface area contributed by atoms with Gasteiger partial charge in [0.25, 0.3) is 0 Å². The Labute approximate surface area is 164 Å².